The van der Waals surface area contributed by atoms with Gasteiger partial charge in [-0.05, 0) is 24.3 Å². The zero-order valence-electron chi connectivity index (χ0n) is 8.91. The number of rotatable bonds is 2. The maximum absolute atomic E-state index is 13.1. The van der Waals surface area contributed by atoms with Crippen LogP contribution < -0.4 is 0 Å². The smallest absolute Gasteiger partial charge is 0.428 e. The van der Waals surface area contributed by atoms with Crippen LogP contribution in [0.15, 0.2) is 51.6 Å². The van der Waals surface area contributed by atoms with E-state index in [4.69, 9.17) is 4.42 Å². The maximum Gasteiger partial charge on any atom is 0.428 e. The summed E-state index contributed by atoms with van der Waals surface area (Å²) >= 11 is 3.13. The van der Waals surface area contributed by atoms with Gasteiger partial charge < -0.3 is 9.52 Å². The van der Waals surface area contributed by atoms with Crippen molar-refractivity contribution in [2.75, 3.05) is 0 Å². The molecular formula is C12H8BrF3O2. The van der Waals surface area contributed by atoms with Gasteiger partial charge in [-0.25, -0.2) is 0 Å². The van der Waals surface area contributed by atoms with Crippen molar-refractivity contribution in [1.29, 1.82) is 0 Å². The number of hydrogen-bond donors (Lipinski definition) is 1. The van der Waals surface area contributed by atoms with E-state index in [1.54, 1.807) is 0 Å². The molecule has 1 unspecified atom stereocenters. The average molecular weight is 321 g/mol. The minimum absolute atomic E-state index is 0.298. The number of aliphatic hydroxyl groups is 1. The molecule has 0 aliphatic heterocycles. The van der Waals surface area contributed by atoms with Crippen molar-refractivity contribution < 1.29 is 22.7 Å². The third-order valence-corrected chi connectivity index (χ3v) is 3.08. The molecular weight excluding hydrogens is 313 g/mol. The van der Waals surface area contributed by atoms with Gasteiger partial charge in [-0.2, -0.15) is 13.2 Å². The Balaban J connectivity index is 2.60. The molecule has 1 heterocycles. The Morgan fingerprint density at radius 1 is 1.06 bits per heavy atom. The van der Waals surface area contributed by atoms with E-state index in [1.165, 1.54) is 30.3 Å². The lowest BCUT2D eigenvalue weighted by Gasteiger charge is -2.28. The first kappa shape index (κ1) is 13.2. The highest BCUT2D eigenvalue weighted by molar-refractivity contribution is 9.10. The SMILES string of the molecule is OC(c1ccc(Br)cc1)(c1ccco1)C(F)(F)F. The largest absolute Gasteiger partial charge is 0.466 e. The van der Waals surface area contributed by atoms with Crippen LogP contribution in [0.4, 0.5) is 13.2 Å². The molecule has 2 rings (SSSR count). The van der Waals surface area contributed by atoms with Gasteiger partial charge in [0.2, 0.25) is 5.60 Å². The first-order chi connectivity index (χ1) is 8.35. The van der Waals surface area contributed by atoms with Crippen molar-refractivity contribution in [3.8, 4) is 0 Å². The van der Waals surface area contributed by atoms with Gasteiger partial charge in [0.05, 0.1) is 6.26 Å². The second-order valence-electron chi connectivity index (χ2n) is 3.69. The van der Waals surface area contributed by atoms with E-state index >= 15 is 0 Å². The summed E-state index contributed by atoms with van der Waals surface area (Å²) in [5.74, 6) is -0.558. The first-order valence-electron chi connectivity index (χ1n) is 4.95. The van der Waals surface area contributed by atoms with Gasteiger partial charge in [0.1, 0.15) is 5.76 Å². The number of benzene rings is 1. The molecule has 0 aliphatic carbocycles. The molecule has 0 radical (unpaired) electrons. The molecule has 1 atom stereocenters. The van der Waals surface area contributed by atoms with Gasteiger partial charge >= 0.3 is 6.18 Å². The van der Waals surface area contributed by atoms with Gasteiger partial charge in [0, 0.05) is 10.0 Å². The van der Waals surface area contributed by atoms with Crippen molar-refractivity contribution in [3.63, 3.8) is 0 Å². The van der Waals surface area contributed by atoms with E-state index in [1.807, 2.05) is 0 Å². The molecule has 0 saturated heterocycles. The minimum Gasteiger partial charge on any atom is -0.466 e. The molecule has 0 saturated carbocycles. The fourth-order valence-corrected chi connectivity index (χ4v) is 1.89. The molecule has 0 fully saturated rings. The lowest BCUT2D eigenvalue weighted by molar-refractivity contribution is -0.254. The minimum atomic E-state index is -4.88. The molecule has 0 aliphatic rings. The highest BCUT2D eigenvalue weighted by atomic mass is 79.9. The van der Waals surface area contributed by atoms with E-state index < -0.39 is 17.5 Å². The van der Waals surface area contributed by atoms with Gasteiger partial charge in [-0.15, -0.1) is 0 Å². The Labute approximate surface area is 109 Å². The van der Waals surface area contributed by atoms with E-state index in [0.29, 0.717) is 4.47 Å². The Bertz CT molecular complexity index is 519. The van der Waals surface area contributed by atoms with E-state index in [-0.39, 0.29) is 5.56 Å². The van der Waals surface area contributed by atoms with Gasteiger partial charge in [-0.3, -0.25) is 0 Å². The fraction of sp³-hybridized carbons (Fsp3) is 0.167. The first-order valence-corrected chi connectivity index (χ1v) is 5.74. The molecule has 2 nitrogen and oxygen atoms in total. The quantitative estimate of drug-likeness (QED) is 0.912. The molecule has 96 valence electrons. The molecule has 1 N–H and O–H groups in total. The molecule has 0 bridgehead atoms. The lowest BCUT2D eigenvalue weighted by Crippen LogP contribution is -2.43. The normalized spacial score (nSPS) is 15.4. The highest BCUT2D eigenvalue weighted by Gasteiger charge is 2.58. The second-order valence-corrected chi connectivity index (χ2v) is 4.61. The Hall–Kier alpha value is -1.27. The summed E-state index contributed by atoms with van der Waals surface area (Å²) in [6, 6.07) is 7.63. The standard InChI is InChI=1S/C12H8BrF3O2/c13-9-5-3-8(4-6-9)11(17,12(14,15)16)10-2-1-7-18-10/h1-7,17H. The van der Waals surface area contributed by atoms with Crippen LogP contribution >= 0.6 is 15.9 Å². The molecule has 18 heavy (non-hydrogen) atoms. The number of alkyl halides is 3. The zero-order chi connectivity index (χ0) is 13.4. The summed E-state index contributed by atoms with van der Waals surface area (Å²) in [6.07, 6.45) is -3.79. The van der Waals surface area contributed by atoms with Gasteiger partial charge in [-0.1, -0.05) is 28.1 Å². The van der Waals surface area contributed by atoms with Crippen molar-refractivity contribution in [2.45, 2.75) is 11.8 Å². The monoisotopic (exact) mass is 320 g/mol. The van der Waals surface area contributed by atoms with Crippen LogP contribution in [0.3, 0.4) is 0 Å². The number of furan rings is 1. The Morgan fingerprint density at radius 3 is 2.11 bits per heavy atom. The second kappa shape index (κ2) is 4.44. The van der Waals surface area contributed by atoms with Gasteiger partial charge in [0.25, 0.3) is 0 Å². The van der Waals surface area contributed by atoms with Crippen LogP contribution in [0.2, 0.25) is 0 Å². The van der Waals surface area contributed by atoms with E-state index in [2.05, 4.69) is 15.9 Å². The summed E-state index contributed by atoms with van der Waals surface area (Å²) in [5.41, 5.74) is -3.44. The predicted molar refractivity (Wildman–Crippen MR) is 61.9 cm³/mol. The van der Waals surface area contributed by atoms with E-state index in [0.717, 1.165) is 12.3 Å². The van der Waals surface area contributed by atoms with Crippen LogP contribution in [0.1, 0.15) is 11.3 Å². The van der Waals surface area contributed by atoms with Crippen molar-refractivity contribution in [3.05, 3.63) is 58.5 Å². The summed E-state index contributed by atoms with van der Waals surface area (Å²) in [5, 5.41) is 10.0. The van der Waals surface area contributed by atoms with E-state index in [9.17, 15) is 18.3 Å². The van der Waals surface area contributed by atoms with Crippen molar-refractivity contribution in [2.24, 2.45) is 0 Å². The summed E-state index contributed by atoms with van der Waals surface area (Å²) < 4.78 is 44.7. The molecule has 1 aromatic carbocycles. The van der Waals surface area contributed by atoms with Crippen molar-refractivity contribution >= 4 is 15.9 Å². The molecule has 6 heteroatoms. The highest BCUT2D eigenvalue weighted by Crippen LogP contribution is 2.44. The molecule has 0 spiro atoms. The maximum atomic E-state index is 13.1. The predicted octanol–water partition coefficient (Wildman–Crippen LogP) is 3.84. The van der Waals surface area contributed by atoms with Crippen LogP contribution in [0, 0.1) is 0 Å². The fourth-order valence-electron chi connectivity index (χ4n) is 1.62. The summed E-state index contributed by atoms with van der Waals surface area (Å²) in [7, 11) is 0. The zero-order valence-corrected chi connectivity index (χ0v) is 10.5. The third-order valence-electron chi connectivity index (χ3n) is 2.55. The van der Waals surface area contributed by atoms with Crippen LogP contribution in [-0.2, 0) is 5.60 Å². The third kappa shape index (κ3) is 2.06. The van der Waals surface area contributed by atoms with Crippen LogP contribution in [-0.4, -0.2) is 11.3 Å². The van der Waals surface area contributed by atoms with Gasteiger partial charge in [0.15, 0.2) is 0 Å². The Morgan fingerprint density at radius 2 is 1.67 bits per heavy atom. The summed E-state index contributed by atoms with van der Waals surface area (Å²) in [6.45, 7) is 0. The van der Waals surface area contributed by atoms with Crippen LogP contribution in [0.25, 0.3) is 0 Å². The van der Waals surface area contributed by atoms with Crippen LogP contribution in [0.5, 0.6) is 0 Å². The number of hydrogen-bond acceptors (Lipinski definition) is 2. The molecule has 0 amide bonds. The topological polar surface area (TPSA) is 33.4 Å². The average Bonchev–Trinajstić information content (AvgIpc) is 2.81. The Kier molecular flexibility index (Phi) is 3.25. The summed E-state index contributed by atoms with van der Waals surface area (Å²) in [4.78, 5) is 0. The van der Waals surface area contributed by atoms with Crippen molar-refractivity contribution in [1.82, 2.24) is 0 Å². The molecule has 2 aromatic rings. The molecule has 1 aromatic heterocycles. The lowest BCUT2D eigenvalue weighted by atomic mass is 9.90. The number of halogens is 4.